The molecule has 1 aliphatic heterocycles. The Morgan fingerprint density at radius 1 is 1.27 bits per heavy atom. The molecule has 0 radical (unpaired) electrons. The molecule has 26 heavy (non-hydrogen) atoms. The van der Waals surface area contributed by atoms with Crippen molar-refractivity contribution in [3.8, 4) is 5.75 Å². The van der Waals surface area contributed by atoms with Crippen molar-refractivity contribution in [2.24, 2.45) is 0 Å². The maximum absolute atomic E-state index is 11.5. The monoisotopic (exact) mass is 376 g/mol. The molecule has 2 aromatic rings. The van der Waals surface area contributed by atoms with Crippen molar-refractivity contribution in [2.45, 2.75) is 26.7 Å². The van der Waals surface area contributed by atoms with E-state index in [1.807, 2.05) is 26.0 Å². The normalized spacial score (nSPS) is 15.4. The lowest BCUT2D eigenvalue weighted by Gasteiger charge is -2.34. The van der Waals surface area contributed by atoms with Gasteiger partial charge in [-0.1, -0.05) is 24.3 Å². The van der Waals surface area contributed by atoms with Crippen molar-refractivity contribution in [3.63, 3.8) is 0 Å². The smallest absolute Gasteiger partial charge is 0.220 e. The average molecular weight is 377 g/mol. The largest absolute Gasteiger partial charge is 0.492 e. The van der Waals surface area contributed by atoms with Crippen LogP contribution in [0.4, 0.5) is 5.13 Å². The predicted molar refractivity (Wildman–Crippen MR) is 107 cm³/mol. The molecule has 7 heteroatoms. The first-order valence-electron chi connectivity index (χ1n) is 9.47. The van der Waals surface area contributed by atoms with E-state index in [0.717, 1.165) is 62.1 Å². The van der Waals surface area contributed by atoms with Crippen LogP contribution < -0.4 is 15.0 Å². The highest BCUT2D eigenvalue weighted by molar-refractivity contribution is 7.22. The van der Waals surface area contributed by atoms with Crippen LogP contribution in [-0.2, 0) is 4.79 Å². The van der Waals surface area contributed by atoms with Gasteiger partial charge in [-0.05, 0) is 25.5 Å². The SMILES string of the molecule is CCCC(=O)NCCN1CCN(c2nc3c(OCC)cccc3s2)CC1. The van der Waals surface area contributed by atoms with Gasteiger partial charge in [0.1, 0.15) is 11.3 Å². The minimum Gasteiger partial charge on any atom is -0.492 e. The topological polar surface area (TPSA) is 57.7 Å². The number of para-hydroxylation sites is 1. The number of rotatable bonds is 8. The zero-order valence-corrected chi connectivity index (χ0v) is 16.5. The summed E-state index contributed by atoms with van der Waals surface area (Å²) in [5.41, 5.74) is 0.968. The van der Waals surface area contributed by atoms with Crippen molar-refractivity contribution >= 4 is 32.6 Å². The third-order valence-electron chi connectivity index (χ3n) is 4.54. The van der Waals surface area contributed by atoms with E-state index in [1.54, 1.807) is 11.3 Å². The third kappa shape index (κ3) is 4.65. The summed E-state index contributed by atoms with van der Waals surface area (Å²) in [6, 6.07) is 6.12. The summed E-state index contributed by atoms with van der Waals surface area (Å²) in [6.07, 6.45) is 1.52. The number of carbonyl (C=O) groups excluding carboxylic acids is 1. The highest BCUT2D eigenvalue weighted by Crippen LogP contribution is 2.34. The number of hydrogen-bond donors (Lipinski definition) is 1. The van der Waals surface area contributed by atoms with Crippen molar-refractivity contribution in [1.82, 2.24) is 15.2 Å². The molecule has 1 aromatic heterocycles. The Hall–Kier alpha value is -1.86. The highest BCUT2D eigenvalue weighted by atomic mass is 32.1. The summed E-state index contributed by atoms with van der Waals surface area (Å²) in [6.45, 7) is 10.2. The van der Waals surface area contributed by atoms with E-state index in [4.69, 9.17) is 9.72 Å². The lowest BCUT2D eigenvalue weighted by atomic mass is 10.3. The maximum atomic E-state index is 11.5. The van der Waals surface area contributed by atoms with Crippen LogP contribution in [0.3, 0.4) is 0 Å². The van der Waals surface area contributed by atoms with Crippen molar-refractivity contribution in [3.05, 3.63) is 18.2 Å². The van der Waals surface area contributed by atoms with E-state index in [0.29, 0.717) is 13.0 Å². The molecule has 1 aromatic carbocycles. The fourth-order valence-electron chi connectivity index (χ4n) is 3.15. The standard InChI is InChI=1S/C19H28N4O2S/c1-3-6-17(24)20-9-10-22-11-13-23(14-12-22)19-21-18-15(25-4-2)7-5-8-16(18)26-19/h5,7-8H,3-4,6,9-14H2,1-2H3,(H,20,24). The van der Waals surface area contributed by atoms with E-state index in [-0.39, 0.29) is 5.91 Å². The van der Waals surface area contributed by atoms with E-state index in [2.05, 4.69) is 21.2 Å². The summed E-state index contributed by atoms with van der Waals surface area (Å²) in [7, 11) is 0. The third-order valence-corrected chi connectivity index (χ3v) is 5.62. The Kier molecular flexibility index (Phi) is 6.68. The Morgan fingerprint density at radius 2 is 2.08 bits per heavy atom. The number of nitrogens with one attached hydrogen (secondary N) is 1. The van der Waals surface area contributed by atoms with Crippen LogP contribution in [0.5, 0.6) is 5.75 Å². The first-order valence-corrected chi connectivity index (χ1v) is 10.3. The Balaban J connectivity index is 1.52. The van der Waals surface area contributed by atoms with Crippen LogP contribution in [0.1, 0.15) is 26.7 Å². The van der Waals surface area contributed by atoms with Gasteiger partial charge in [-0.3, -0.25) is 9.69 Å². The number of ether oxygens (including phenoxy) is 1. The minimum absolute atomic E-state index is 0.158. The number of hydrogen-bond acceptors (Lipinski definition) is 6. The number of carbonyl (C=O) groups is 1. The molecule has 1 fully saturated rings. The van der Waals surface area contributed by atoms with Gasteiger partial charge in [0.05, 0.1) is 11.3 Å². The second-order valence-corrected chi connectivity index (χ2v) is 7.47. The molecule has 1 saturated heterocycles. The van der Waals surface area contributed by atoms with Gasteiger partial charge >= 0.3 is 0 Å². The summed E-state index contributed by atoms with van der Waals surface area (Å²) in [4.78, 5) is 21.1. The molecule has 0 atom stereocenters. The molecule has 0 unspecified atom stereocenters. The summed E-state index contributed by atoms with van der Waals surface area (Å²) in [5, 5.41) is 4.06. The molecule has 6 nitrogen and oxygen atoms in total. The molecule has 2 heterocycles. The fourth-order valence-corrected chi connectivity index (χ4v) is 4.19. The Labute approximate surface area is 159 Å². The Bertz CT molecular complexity index is 725. The van der Waals surface area contributed by atoms with Crippen LogP contribution >= 0.6 is 11.3 Å². The molecule has 0 bridgehead atoms. The molecule has 0 aliphatic carbocycles. The molecule has 1 aliphatic rings. The quantitative estimate of drug-likeness (QED) is 0.768. The number of nitrogens with zero attached hydrogens (tertiary/aromatic N) is 3. The van der Waals surface area contributed by atoms with Crippen LogP contribution in [0, 0.1) is 0 Å². The molecule has 1 N–H and O–H groups in total. The van der Waals surface area contributed by atoms with E-state index >= 15 is 0 Å². The van der Waals surface area contributed by atoms with Gasteiger partial charge in [-0.2, -0.15) is 0 Å². The molecule has 142 valence electrons. The molecule has 0 saturated carbocycles. The lowest BCUT2D eigenvalue weighted by Crippen LogP contribution is -2.48. The van der Waals surface area contributed by atoms with E-state index < -0.39 is 0 Å². The van der Waals surface area contributed by atoms with Crippen LogP contribution in [-0.4, -0.2) is 61.7 Å². The molecule has 1 amide bonds. The van der Waals surface area contributed by atoms with Gasteiger partial charge in [0.25, 0.3) is 0 Å². The number of benzene rings is 1. The summed E-state index contributed by atoms with van der Waals surface area (Å²) >= 11 is 1.73. The van der Waals surface area contributed by atoms with Crippen molar-refractivity contribution in [1.29, 1.82) is 0 Å². The summed E-state index contributed by atoms with van der Waals surface area (Å²) in [5.74, 6) is 1.03. The number of thiazole rings is 1. The van der Waals surface area contributed by atoms with Gasteiger partial charge < -0.3 is 15.0 Å². The fraction of sp³-hybridized carbons (Fsp3) is 0.579. The number of aromatic nitrogens is 1. The second kappa shape index (κ2) is 9.19. The van der Waals surface area contributed by atoms with Gasteiger partial charge in [-0.25, -0.2) is 4.98 Å². The van der Waals surface area contributed by atoms with Gasteiger partial charge in [0.2, 0.25) is 5.91 Å². The minimum atomic E-state index is 0.158. The molecular weight excluding hydrogens is 348 g/mol. The van der Waals surface area contributed by atoms with Crippen LogP contribution in [0.2, 0.25) is 0 Å². The first kappa shape index (κ1) is 18.9. The lowest BCUT2D eigenvalue weighted by molar-refractivity contribution is -0.121. The number of anilines is 1. The highest BCUT2D eigenvalue weighted by Gasteiger charge is 2.20. The average Bonchev–Trinajstić information content (AvgIpc) is 3.08. The van der Waals surface area contributed by atoms with E-state index in [1.165, 1.54) is 4.70 Å². The zero-order valence-electron chi connectivity index (χ0n) is 15.7. The Morgan fingerprint density at radius 3 is 2.81 bits per heavy atom. The number of amides is 1. The maximum Gasteiger partial charge on any atom is 0.220 e. The van der Waals surface area contributed by atoms with Gasteiger partial charge in [0, 0.05) is 45.7 Å². The molecular formula is C19H28N4O2S. The first-order chi connectivity index (χ1) is 12.7. The van der Waals surface area contributed by atoms with Crippen molar-refractivity contribution < 1.29 is 9.53 Å². The summed E-state index contributed by atoms with van der Waals surface area (Å²) < 4.78 is 6.87. The molecule has 3 rings (SSSR count). The van der Waals surface area contributed by atoms with Gasteiger partial charge in [0.15, 0.2) is 5.13 Å². The zero-order chi connectivity index (χ0) is 18.4. The van der Waals surface area contributed by atoms with Crippen molar-refractivity contribution in [2.75, 3.05) is 50.8 Å². The van der Waals surface area contributed by atoms with Crippen LogP contribution in [0.25, 0.3) is 10.2 Å². The number of fused-ring (bicyclic) bond motifs is 1. The van der Waals surface area contributed by atoms with Gasteiger partial charge in [-0.15, -0.1) is 0 Å². The second-order valence-electron chi connectivity index (χ2n) is 6.46. The van der Waals surface area contributed by atoms with Crippen LogP contribution in [0.15, 0.2) is 18.2 Å². The molecule has 0 spiro atoms. The van der Waals surface area contributed by atoms with E-state index in [9.17, 15) is 4.79 Å². The predicted octanol–water partition coefficient (Wildman–Crippen LogP) is 2.73. The number of piperazine rings is 1.